The lowest BCUT2D eigenvalue weighted by molar-refractivity contribution is -0.121. The number of hydrogen-bond acceptors (Lipinski definition) is 7. The first-order valence-electron chi connectivity index (χ1n) is 11.2. The summed E-state index contributed by atoms with van der Waals surface area (Å²) in [5.74, 6) is -0.269. The summed E-state index contributed by atoms with van der Waals surface area (Å²) in [6.45, 7) is 5.12. The average Bonchev–Trinajstić information content (AvgIpc) is 3.60. The predicted octanol–water partition coefficient (Wildman–Crippen LogP) is 4.71. The molecule has 1 unspecified atom stereocenters. The second-order valence-electron chi connectivity index (χ2n) is 8.52. The van der Waals surface area contributed by atoms with E-state index >= 15 is 0 Å². The van der Waals surface area contributed by atoms with Crippen LogP contribution in [0.4, 0.5) is 5.13 Å². The molecule has 0 aliphatic carbocycles. The third-order valence-electron chi connectivity index (χ3n) is 6.03. The van der Waals surface area contributed by atoms with E-state index in [2.05, 4.69) is 17.2 Å². The maximum atomic E-state index is 14.0. The van der Waals surface area contributed by atoms with Gasteiger partial charge in [0.2, 0.25) is 5.91 Å². The number of rotatable bonds is 7. The molecular weight excluding hydrogens is 526 g/mol. The number of thiazole rings is 1. The number of nitrogens with zero attached hydrogens (tertiary/aromatic N) is 5. The summed E-state index contributed by atoms with van der Waals surface area (Å²) >= 11 is 8.45. The standard InChI is InChI=1S/C23H24ClN5O3S3/c1-15-13-16(2)21-18(14-15)33-23(26-21)28(12-11-27-9-4-8-25-27)22(30)17-5-3-10-29(17)35(31,32)20-7-6-19(24)34-20/h4,6-9,13-14,17H,3,5,10-12H2,1-2H3. The van der Waals surface area contributed by atoms with Gasteiger partial charge in [0.05, 0.1) is 21.1 Å². The van der Waals surface area contributed by atoms with E-state index in [0.29, 0.717) is 41.9 Å². The van der Waals surface area contributed by atoms with Gasteiger partial charge in [0.15, 0.2) is 5.13 Å². The molecule has 1 fully saturated rings. The van der Waals surface area contributed by atoms with Crippen molar-refractivity contribution in [1.29, 1.82) is 0 Å². The minimum atomic E-state index is -3.84. The van der Waals surface area contributed by atoms with E-state index in [-0.39, 0.29) is 10.1 Å². The van der Waals surface area contributed by atoms with Crippen LogP contribution in [0.25, 0.3) is 10.2 Å². The van der Waals surface area contributed by atoms with Crippen LogP contribution in [0, 0.1) is 13.8 Å². The highest BCUT2D eigenvalue weighted by Gasteiger charge is 2.42. The Morgan fingerprint density at radius 2 is 2.09 bits per heavy atom. The Hall–Kier alpha value is -2.31. The van der Waals surface area contributed by atoms with Crippen LogP contribution in [0.15, 0.2) is 46.9 Å². The molecule has 0 spiro atoms. The molecule has 184 valence electrons. The van der Waals surface area contributed by atoms with Crippen molar-refractivity contribution in [2.75, 3.05) is 18.0 Å². The molecular formula is C23H24ClN5O3S3. The van der Waals surface area contributed by atoms with Crippen molar-refractivity contribution in [3.63, 3.8) is 0 Å². The summed E-state index contributed by atoms with van der Waals surface area (Å²) in [5.41, 5.74) is 3.03. The van der Waals surface area contributed by atoms with Crippen molar-refractivity contribution in [3.05, 3.63) is 58.2 Å². The number of thiophene rings is 1. The summed E-state index contributed by atoms with van der Waals surface area (Å²) in [7, 11) is -3.84. The maximum Gasteiger partial charge on any atom is 0.253 e. The fourth-order valence-corrected chi connectivity index (χ4v) is 8.85. The highest BCUT2D eigenvalue weighted by molar-refractivity contribution is 7.91. The number of carbonyl (C=O) groups excluding carboxylic acids is 1. The van der Waals surface area contributed by atoms with Crippen molar-refractivity contribution in [2.24, 2.45) is 0 Å². The van der Waals surface area contributed by atoms with E-state index in [4.69, 9.17) is 16.6 Å². The van der Waals surface area contributed by atoms with E-state index in [1.165, 1.54) is 21.7 Å². The second-order valence-corrected chi connectivity index (χ2v) is 13.4. The Morgan fingerprint density at radius 3 is 2.80 bits per heavy atom. The third kappa shape index (κ3) is 4.75. The fraction of sp³-hybridized carbons (Fsp3) is 0.348. The normalized spacial score (nSPS) is 16.8. The van der Waals surface area contributed by atoms with Gasteiger partial charge in [0.25, 0.3) is 10.0 Å². The SMILES string of the molecule is Cc1cc(C)c2nc(N(CCn3cccn3)C(=O)C3CCCN3S(=O)(=O)c3ccc(Cl)s3)sc2c1. The number of aromatic nitrogens is 3. The zero-order chi connectivity index (χ0) is 24.7. The molecule has 1 aliphatic heterocycles. The number of carbonyl (C=O) groups is 1. The van der Waals surface area contributed by atoms with Gasteiger partial charge < -0.3 is 0 Å². The third-order valence-corrected chi connectivity index (χ3v) is 10.7. The molecule has 5 rings (SSSR count). The van der Waals surface area contributed by atoms with Crippen LogP contribution < -0.4 is 4.90 Å². The summed E-state index contributed by atoms with van der Waals surface area (Å²) in [6, 6.07) is 8.22. The first-order chi connectivity index (χ1) is 16.7. The molecule has 0 N–H and O–H groups in total. The molecule has 4 aromatic rings. The highest BCUT2D eigenvalue weighted by atomic mass is 35.5. The quantitative estimate of drug-likeness (QED) is 0.333. The lowest BCUT2D eigenvalue weighted by Gasteiger charge is -2.28. The molecule has 35 heavy (non-hydrogen) atoms. The van der Waals surface area contributed by atoms with Gasteiger partial charge in [-0.1, -0.05) is 29.0 Å². The van der Waals surface area contributed by atoms with E-state index in [1.807, 2.05) is 26.1 Å². The molecule has 1 amide bonds. The summed E-state index contributed by atoms with van der Waals surface area (Å²) in [4.78, 5) is 20.4. The van der Waals surface area contributed by atoms with Gasteiger partial charge in [0.1, 0.15) is 10.3 Å². The zero-order valence-electron chi connectivity index (χ0n) is 19.2. The summed E-state index contributed by atoms with van der Waals surface area (Å²) in [5, 5.41) is 4.81. The molecule has 0 radical (unpaired) electrons. The van der Waals surface area contributed by atoms with Gasteiger partial charge in [-0.2, -0.15) is 9.40 Å². The fourth-order valence-electron chi connectivity index (χ4n) is 4.42. The van der Waals surface area contributed by atoms with Gasteiger partial charge >= 0.3 is 0 Å². The monoisotopic (exact) mass is 549 g/mol. The minimum absolute atomic E-state index is 0.149. The molecule has 1 atom stereocenters. The Balaban J connectivity index is 1.50. The Labute approximate surface area is 216 Å². The van der Waals surface area contributed by atoms with Crippen molar-refractivity contribution < 1.29 is 13.2 Å². The van der Waals surface area contributed by atoms with Crippen molar-refractivity contribution in [1.82, 2.24) is 19.1 Å². The van der Waals surface area contributed by atoms with Crippen LogP contribution in [0.2, 0.25) is 4.34 Å². The maximum absolute atomic E-state index is 14.0. The lowest BCUT2D eigenvalue weighted by Crippen LogP contribution is -2.48. The first-order valence-corrected chi connectivity index (χ1v) is 14.6. The van der Waals surface area contributed by atoms with Gasteiger partial charge in [-0.05, 0) is 62.1 Å². The van der Waals surface area contributed by atoms with E-state index < -0.39 is 16.1 Å². The first kappa shape index (κ1) is 24.4. The van der Waals surface area contributed by atoms with Crippen molar-refractivity contribution >= 4 is 65.6 Å². The van der Waals surface area contributed by atoms with E-state index in [0.717, 1.165) is 32.7 Å². The number of hydrogen-bond donors (Lipinski definition) is 0. The second kappa shape index (κ2) is 9.62. The number of halogens is 1. The van der Waals surface area contributed by atoms with E-state index in [1.54, 1.807) is 21.8 Å². The number of sulfonamides is 1. The number of benzene rings is 1. The van der Waals surface area contributed by atoms with Gasteiger partial charge in [-0.15, -0.1) is 11.3 Å². The molecule has 12 heteroatoms. The zero-order valence-corrected chi connectivity index (χ0v) is 22.4. The van der Waals surface area contributed by atoms with Crippen LogP contribution >= 0.6 is 34.3 Å². The Kier molecular flexibility index (Phi) is 6.71. The van der Waals surface area contributed by atoms with Crippen LogP contribution in [0.5, 0.6) is 0 Å². The van der Waals surface area contributed by atoms with Crippen LogP contribution in [-0.4, -0.2) is 52.5 Å². The predicted molar refractivity (Wildman–Crippen MR) is 140 cm³/mol. The van der Waals surface area contributed by atoms with Crippen molar-refractivity contribution in [3.8, 4) is 0 Å². The number of anilines is 1. The Bertz CT molecular complexity index is 1480. The number of fused-ring (bicyclic) bond motifs is 1. The molecule has 1 aliphatic rings. The van der Waals surface area contributed by atoms with Crippen molar-refractivity contribution in [2.45, 2.75) is 43.5 Å². The summed E-state index contributed by atoms with van der Waals surface area (Å²) in [6.07, 6.45) is 4.59. The lowest BCUT2D eigenvalue weighted by atomic mass is 10.1. The highest BCUT2D eigenvalue weighted by Crippen LogP contribution is 2.36. The molecule has 0 saturated carbocycles. The summed E-state index contributed by atoms with van der Waals surface area (Å²) < 4.78 is 31.4. The van der Waals surface area contributed by atoms with Gasteiger partial charge in [-0.3, -0.25) is 14.4 Å². The Morgan fingerprint density at radius 1 is 1.26 bits per heavy atom. The molecule has 3 aromatic heterocycles. The molecule has 4 heterocycles. The van der Waals surface area contributed by atoms with Crippen LogP contribution in [0.3, 0.4) is 0 Å². The average molecular weight is 550 g/mol. The van der Waals surface area contributed by atoms with Gasteiger partial charge in [0, 0.05) is 25.5 Å². The van der Waals surface area contributed by atoms with Crippen LogP contribution in [-0.2, 0) is 21.4 Å². The molecule has 1 aromatic carbocycles. The molecule has 8 nitrogen and oxygen atoms in total. The molecule has 1 saturated heterocycles. The smallest absolute Gasteiger partial charge is 0.253 e. The minimum Gasteiger partial charge on any atom is -0.285 e. The van der Waals surface area contributed by atoms with E-state index in [9.17, 15) is 13.2 Å². The van der Waals surface area contributed by atoms with Gasteiger partial charge in [-0.25, -0.2) is 13.4 Å². The number of aryl methyl sites for hydroxylation is 2. The number of amides is 1. The largest absolute Gasteiger partial charge is 0.285 e. The van der Waals surface area contributed by atoms with Crippen LogP contribution in [0.1, 0.15) is 24.0 Å². The molecule has 0 bridgehead atoms. The topological polar surface area (TPSA) is 88.4 Å².